The number of benzene rings is 1. The van der Waals surface area contributed by atoms with Crippen LogP contribution in [-0.2, 0) is 16.0 Å². The highest BCUT2D eigenvalue weighted by Crippen LogP contribution is 2.23. The summed E-state index contributed by atoms with van der Waals surface area (Å²) in [5.41, 5.74) is 5.77. The van der Waals surface area contributed by atoms with E-state index in [2.05, 4.69) is 0 Å². The first kappa shape index (κ1) is 17.0. The Balaban J connectivity index is 2.83. The van der Waals surface area contributed by atoms with E-state index in [-0.39, 0.29) is 6.42 Å². The van der Waals surface area contributed by atoms with Gasteiger partial charge in [-0.2, -0.15) is 0 Å². The number of hydrogen-bond donors (Lipinski definition) is 2. The first-order chi connectivity index (χ1) is 9.07. The van der Waals surface area contributed by atoms with Gasteiger partial charge in [-0.1, -0.05) is 41.9 Å². The number of esters is 1. The van der Waals surface area contributed by atoms with E-state index in [9.17, 15) is 9.90 Å². The van der Waals surface area contributed by atoms with Gasteiger partial charge in [-0.3, -0.25) is 10.5 Å². The number of hydrogen-bond acceptors (Lipinski definition) is 4. The zero-order chi connectivity index (χ0) is 15.4. The number of aliphatic hydroxyl groups is 1. The van der Waals surface area contributed by atoms with Crippen LogP contribution in [0, 0.1) is 5.92 Å². The van der Waals surface area contributed by atoms with Crippen LogP contribution in [-0.4, -0.2) is 21.9 Å². The third-order valence-corrected chi connectivity index (χ3v) is 2.75. The lowest BCUT2D eigenvalue weighted by atomic mass is 9.95. The molecule has 0 radical (unpaired) electrons. The molecule has 0 aliphatic carbocycles. The van der Waals surface area contributed by atoms with Crippen molar-refractivity contribution in [3.8, 4) is 0 Å². The number of alkyl halides is 1. The monoisotopic (exact) mass is 299 g/mol. The molecule has 1 aromatic rings. The van der Waals surface area contributed by atoms with Crippen molar-refractivity contribution in [1.29, 1.82) is 0 Å². The van der Waals surface area contributed by atoms with Gasteiger partial charge in [0.05, 0.1) is 5.92 Å². The van der Waals surface area contributed by atoms with Crippen LogP contribution in [0.5, 0.6) is 0 Å². The van der Waals surface area contributed by atoms with Crippen molar-refractivity contribution < 1.29 is 14.6 Å². The fourth-order valence-corrected chi connectivity index (χ4v) is 2.05. The summed E-state index contributed by atoms with van der Waals surface area (Å²) in [6.07, 6.45) is 0.348. The van der Waals surface area contributed by atoms with E-state index in [1.807, 2.05) is 30.3 Å². The zero-order valence-corrected chi connectivity index (χ0v) is 12.9. The minimum absolute atomic E-state index is 0.0711. The topological polar surface area (TPSA) is 72.5 Å². The van der Waals surface area contributed by atoms with Crippen LogP contribution in [0.1, 0.15) is 32.8 Å². The standard InChI is InChI=1S/C15H22ClNO3/c1-14(2,3)20-13(18)12(10-15(16,17)19)9-11-7-5-4-6-8-11/h4-8,12,19H,9-10,17H2,1-3H3/t12-,15?/m0/s1. The first-order valence-corrected chi connectivity index (χ1v) is 6.91. The quantitative estimate of drug-likeness (QED) is 0.379. The molecule has 0 fully saturated rings. The van der Waals surface area contributed by atoms with E-state index < -0.39 is 22.7 Å². The number of carbonyl (C=O) groups is 1. The second-order valence-corrected chi connectivity index (χ2v) is 6.60. The van der Waals surface area contributed by atoms with E-state index in [0.29, 0.717) is 6.42 Å². The van der Waals surface area contributed by atoms with Gasteiger partial charge in [-0.05, 0) is 32.8 Å². The normalized spacial score (nSPS) is 16.3. The van der Waals surface area contributed by atoms with Gasteiger partial charge < -0.3 is 9.84 Å². The molecule has 4 nitrogen and oxygen atoms in total. The Labute approximate surface area is 124 Å². The van der Waals surface area contributed by atoms with Gasteiger partial charge in [0.25, 0.3) is 0 Å². The molecule has 0 bridgehead atoms. The van der Waals surface area contributed by atoms with Crippen LogP contribution in [0.15, 0.2) is 30.3 Å². The van der Waals surface area contributed by atoms with Crippen molar-refractivity contribution in [3.05, 3.63) is 35.9 Å². The second kappa shape index (κ2) is 6.57. The van der Waals surface area contributed by atoms with Gasteiger partial charge in [0.15, 0.2) is 5.18 Å². The summed E-state index contributed by atoms with van der Waals surface area (Å²) >= 11 is 5.63. The lowest BCUT2D eigenvalue weighted by Crippen LogP contribution is -2.39. The van der Waals surface area contributed by atoms with Crippen LogP contribution in [0.2, 0.25) is 0 Å². The van der Waals surface area contributed by atoms with E-state index >= 15 is 0 Å². The molecule has 1 aromatic carbocycles. The Morgan fingerprint density at radius 1 is 1.35 bits per heavy atom. The Morgan fingerprint density at radius 2 is 1.90 bits per heavy atom. The van der Waals surface area contributed by atoms with E-state index in [0.717, 1.165) is 5.56 Å². The Bertz CT molecular complexity index is 435. The smallest absolute Gasteiger partial charge is 0.310 e. The van der Waals surface area contributed by atoms with Crippen LogP contribution < -0.4 is 5.73 Å². The van der Waals surface area contributed by atoms with Gasteiger partial charge in [0.2, 0.25) is 0 Å². The van der Waals surface area contributed by atoms with Gasteiger partial charge >= 0.3 is 5.97 Å². The Morgan fingerprint density at radius 3 is 2.35 bits per heavy atom. The van der Waals surface area contributed by atoms with Crippen molar-refractivity contribution in [2.75, 3.05) is 0 Å². The van der Waals surface area contributed by atoms with Crippen molar-refractivity contribution >= 4 is 17.6 Å². The number of halogens is 1. The third kappa shape index (κ3) is 6.89. The molecule has 0 amide bonds. The third-order valence-electron chi connectivity index (χ3n) is 2.60. The maximum absolute atomic E-state index is 12.2. The van der Waals surface area contributed by atoms with Crippen LogP contribution in [0.3, 0.4) is 0 Å². The summed E-state index contributed by atoms with van der Waals surface area (Å²) < 4.78 is 5.35. The molecule has 1 rings (SSSR count). The van der Waals surface area contributed by atoms with Crippen molar-refractivity contribution in [2.45, 2.75) is 44.4 Å². The lowest BCUT2D eigenvalue weighted by Gasteiger charge is -2.26. The molecular weight excluding hydrogens is 278 g/mol. The van der Waals surface area contributed by atoms with Crippen LogP contribution in [0.25, 0.3) is 0 Å². The summed E-state index contributed by atoms with van der Waals surface area (Å²) in [4.78, 5) is 12.2. The summed E-state index contributed by atoms with van der Waals surface area (Å²) in [5.74, 6) is -1.00. The highest BCUT2D eigenvalue weighted by Gasteiger charge is 2.31. The summed E-state index contributed by atoms with van der Waals surface area (Å²) in [7, 11) is 0. The Hall–Kier alpha value is -1.10. The number of nitrogens with two attached hydrogens (primary N) is 1. The number of ether oxygens (including phenoxy) is 1. The fourth-order valence-electron chi connectivity index (χ4n) is 1.87. The molecule has 0 aromatic heterocycles. The zero-order valence-electron chi connectivity index (χ0n) is 12.1. The van der Waals surface area contributed by atoms with Crippen LogP contribution >= 0.6 is 11.6 Å². The van der Waals surface area contributed by atoms with Crippen LogP contribution in [0.4, 0.5) is 0 Å². The average molecular weight is 300 g/mol. The van der Waals surface area contributed by atoms with E-state index in [1.165, 1.54) is 0 Å². The number of rotatable bonds is 5. The SMILES string of the molecule is CC(C)(C)OC(=O)[C@@H](Cc1ccccc1)CC(N)(O)Cl. The van der Waals surface area contributed by atoms with Crippen molar-refractivity contribution in [1.82, 2.24) is 0 Å². The van der Waals surface area contributed by atoms with Crippen molar-refractivity contribution in [2.24, 2.45) is 11.7 Å². The summed E-state index contributed by atoms with van der Waals surface area (Å²) in [5, 5.41) is 7.63. The predicted octanol–water partition coefficient (Wildman–Crippen LogP) is 2.42. The minimum atomic E-state index is -1.92. The molecule has 2 atom stereocenters. The summed E-state index contributed by atoms with van der Waals surface area (Å²) in [6, 6.07) is 9.47. The lowest BCUT2D eigenvalue weighted by molar-refractivity contribution is -0.161. The summed E-state index contributed by atoms with van der Waals surface area (Å²) in [6.45, 7) is 5.37. The Kier molecular flexibility index (Phi) is 5.57. The van der Waals surface area contributed by atoms with Gasteiger partial charge in [0.1, 0.15) is 5.60 Å². The highest BCUT2D eigenvalue weighted by atomic mass is 35.5. The fraction of sp³-hybridized carbons (Fsp3) is 0.533. The van der Waals surface area contributed by atoms with Gasteiger partial charge in [0, 0.05) is 6.42 Å². The molecule has 0 saturated heterocycles. The molecule has 0 aliphatic heterocycles. The van der Waals surface area contributed by atoms with E-state index in [4.69, 9.17) is 22.1 Å². The molecule has 0 saturated carbocycles. The largest absolute Gasteiger partial charge is 0.460 e. The average Bonchev–Trinajstić information content (AvgIpc) is 2.25. The number of carbonyl (C=O) groups excluding carboxylic acids is 1. The van der Waals surface area contributed by atoms with Gasteiger partial charge in [-0.15, -0.1) is 0 Å². The molecule has 0 aliphatic rings. The minimum Gasteiger partial charge on any atom is -0.460 e. The molecule has 0 spiro atoms. The molecule has 3 N–H and O–H groups in total. The second-order valence-electron chi connectivity index (χ2n) is 5.94. The molecule has 1 unspecified atom stereocenters. The van der Waals surface area contributed by atoms with Gasteiger partial charge in [-0.25, -0.2) is 0 Å². The first-order valence-electron chi connectivity index (χ1n) is 6.54. The maximum atomic E-state index is 12.2. The highest BCUT2D eigenvalue weighted by molar-refractivity contribution is 6.22. The van der Waals surface area contributed by atoms with Crippen molar-refractivity contribution in [3.63, 3.8) is 0 Å². The maximum Gasteiger partial charge on any atom is 0.310 e. The molecule has 5 heteroatoms. The molecule has 0 heterocycles. The molecule has 112 valence electrons. The molecular formula is C15H22ClNO3. The molecule has 20 heavy (non-hydrogen) atoms. The van der Waals surface area contributed by atoms with E-state index in [1.54, 1.807) is 20.8 Å². The predicted molar refractivity (Wildman–Crippen MR) is 79.1 cm³/mol.